The molecule has 0 heterocycles. The molecule has 0 amide bonds. The highest BCUT2D eigenvalue weighted by Crippen LogP contribution is 2.11. The monoisotopic (exact) mass is 221 g/mol. The van der Waals surface area contributed by atoms with Crippen molar-refractivity contribution >= 4 is 5.78 Å². The third-order valence-corrected chi connectivity index (χ3v) is 2.75. The second kappa shape index (κ2) is 5.77. The predicted octanol–water partition coefficient (Wildman–Crippen LogP) is 1.46. The number of aliphatic hydroxyl groups excluding tert-OH is 1. The van der Waals surface area contributed by atoms with Crippen LogP contribution in [0.2, 0.25) is 0 Å². The van der Waals surface area contributed by atoms with E-state index in [1.807, 2.05) is 39.0 Å². The summed E-state index contributed by atoms with van der Waals surface area (Å²) in [5.74, 6) is 0.0663. The highest BCUT2D eigenvalue weighted by atomic mass is 16.3. The third-order valence-electron chi connectivity index (χ3n) is 2.75. The summed E-state index contributed by atoms with van der Waals surface area (Å²) in [6.45, 7) is 6.32. The fourth-order valence-electron chi connectivity index (χ4n) is 1.52. The van der Waals surface area contributed by atoms with Gasteiger partial charge < -0.3 is 10.4 Å². The maximum absolute atomic E-state index is 12.0. The lowest BCUT2D eigenvalue weighted by Crippen LogP contribution is -2.35. The van der Waals surface area contributed by atoms with Crippen molar-refractivity contribution in [2.24, 2.45) is 0 Å². The molecule has 1 unspecified atom stereocenters. The van der Waals surface area contributed by atoms with Crippen molar-refractivity contribution in [1.29, 1.82) is 0 Å². The number of rotatable bonds is 5. The summed E-state index contributed by atoms with van der Waals surface area (Å²) < 4.78 is 0. The molecular formula is C13H19NO2. The topological polar surface area (TPSA) is 49.3 Å². The summed E-state index contributed by atoms with van der Waals surface area (Å²) >= 11 is 0. The van der Waals surface area contributed by atoms with Crippen LogP contribution in [-0.2, 0) is 0 Å². The highest BCUT2D eigenvalue weighted by Gasteiger charge is 2.14. The van der Waals surface area contributed by atoms with Gasteiger partial charge in [-0.25, -0.2) is 0 Å². The Bertz CT molecular complexity index is 374. The molecule has 88 valence electrons. The van der Waals surface area contributed by atoms with Gasteiger partial charge >= 0.3 is 0 Å². The number of Topliss-reactive ketones (excluding diaryl/α,β-unsaturated/α-hetero) is 1. The number of hydrogen-bond acceptors (Lipinski definition) is 3. The first kappa shape index (κ1) is 12.9. The minimum absolute atomic E-state index is 0.0462. The van der Waals surface area contributed by atoms with Crippen molar-refractivity contribution in [3.8, 4) is 0 Å². The number of hydrogen-bond donors (Lipinski definition) is 2. The van der Waals surface area contributed by atoms with Gasteiger partial charge in [-0.3, -0.25) is 4.79 Å². The summed E-state index contributed by atoms with van der Waals surface area (Å²) in [7, 11) is 0. The standard InChI is InChI=1S/C13H19NO2/c1-9-4-5-12(8-10(9)2)13(16)11(3)14-6-7-15/h4-5,8,11,14-15H,6-7H2,1-3H3. The van der Waals surface area contributed by atoms with E-state index < -0.39 is 0 Å². The lowest BCUT2D eigenvalue weighted by Gasteiger charge is -2.12. The minimum atomic E-state index is -0.255. The SMILES string of the molecule is Cc1ccc(C(=O)C(C)NCCO)cc1C. The second-order valence-electron chi connectivity index (χ2n) is 4.06. The average molecular weight is 221 g/mol. The molecule has 0 spiro atoms. The molecular weight excluding hydrogens is 202 g/mol. The zero-order chi connectivity index (χ0) is 12.1. The van der Waals surface area contributed by atoms with Gasteiger partial charge in [0.15, 0.2) is 5.78 Å². The van der Waals surface area contributed by atoms with Crippen molar-refractivity contribution in [3.05, 3.63) is 34.9 Å². The Labute approximate surface area is 96.5 Å². The van der Waals surface area contributed by atoms with Gasteiger partial charge in [-0.05, 0) is 38.0 Å². The summed E-state index contributed by atoms with van der Waals surface area (Å²) in [5, 5.41) is 11.6. The molecule has 1 aromatic carbocycles. The number of benzene rings is 1. The summed E-state index contributed by atoms with van der Waals surface area (Å²) in [6, 6.07) is 5.46. The van der Waals surface area contributed by atoms with E-state index in [4.69, 9.17) is 5.11 Å². The van der Waals surface area contributed by atoms with Crippen LogP contribution in [0.15, 0.2) is 18.2 Å². The van der Waals surface area contributed by atoms with Crippen LogP contribution in [0.1, 0.15) is 28.4 Å². The van der Waals surface area contributed by atoms with Crippen molar-refractivity contribution in [2.45, 2.75) is 26.8 Å². The average Bonchev–Trinajstić information content (AvgIpc) is 2.28. The Kier molecular flexibility index (Phi) is 4.65. The molecule has 1 rings (SSSR count). The van der Waals surface area contributed by atoms with Gasteiger partial charge in [0.25, 0.3) is 0 Å². The number of nitrogens with one attached hydrogen (secondary N) is 1. The molecule has 0 radical (unpaired) electrons. The minimum Gasteiger partial charge on any atom is -0.395 e. The first-order valence-corrected chi connectivity index (χ1v) is 5.52. The molecule has 1 aromatic rings. The first-order valence-electron chi connectivity index (χ1n) is 5.52. The maximum atomic E-state index is 12.0. The molecule has 0 aromatic heterocycles. The van der Waals surface area contributed by atoms with Crippen molar-refractivity contribution in [3.63, 3.8) is 0 Å². The molecule has 1 atom stereocenters. The number of carbonyl (C=O) groups is 1. The van der Waals surface area contributed by atoms with E-state index in [2.05, 4.69) is 5.32 Å². The van der Waals surface area contributed by atoms with E-state index in [1.54, 1.807) is 0 Å². The van der Waals surface area contributed by atoms with Gasteiger partial charge in [0, 0.05) is 12.1 Å². The Morgan fingerprint density at radius 3 is 2.62 bits per heavy atom. The molecule has 3 heteroatoms. The van der Waals surface area contributed by atoms with E-state index in [0.29, 0.717) is 6.54 Å². The predicted molar refractivity (Wildman–Crippen MR) is 64.8 cm³/mol. The number of ketones is 1. The van der Waals surface area contributed by atoms with Gasteiger partial charge in [-0.1, -0.05) is 12.1 Å². The summed E-state index contributed by atoms with van der Waals surface area (Å²) in [5.41, 5.74) is 3.04. The van der Waals surface area contributed by atoms with Crippen molar-refractivity contribution in [1.82, 2.24) is 5.32 Å². The van der Waals surface area contributed by atoms with Gasteiger partial charge in [-0.2, -0.15) is 0 Å². The molecule has 2 N–H and O–H groups in total. The van der Waals surface area contributed by atoms with E-state index in [-0.39, 0.29) is 18.4 Å². The molecule has 0 saturated carbocycles. The summed E-state index contributed by atoms with van der Waals surface area (Å²) in [4.78, 5) is 12.0. The zero-order valence-electron chi connectivity index (χ0n) is 10.1. The van der Waals surface area contributed by atoms with Crippen LogP contribution in [-0.4, -0.2) is 30.1 Å². The molecule has 16 heavy (non-hydrogen) atoms. The first-order chi connectivity index (χ1) is 7.56. The van der Waals surface area contributed by atoms with Gasteiger partial charge in [-0.15, -0.1) is 0 Å². The Balaban J connectivity index is 2.76. The van der Waals surface area contributed by atoms with Crippen LogP contribution >= 0.6 is 0 Å². The van der Waals surface area contributed by atoms with Crippen LogP contribution in [0.25, 0.3) is 0 Å². The Hall–Kier alpha value is -1.19. The van der Waals surface area contributed by atoms with E-state index >= 15 is 0 Å². The lowest BCUT2D eigenvalue weighted by molar-refractivity contribution is 0.0948. The summed E-state index contributed by atoms with van der Waals surface area (Å²) in [6.07, 6.45) is 0. The van der Waals surface area contributed by atoms with Crippen LogP contribution in [0.4, 0.5) is 0 Å². The van der Waals surface area contributed by atoms with Crippen LogP contribution in [0.5, 0.6) is 0 Å². The highest BCUT2D eigenvalue weighted by molar-refractivity contribution is 6.00. The quantitative estimate of drug-likeness (QED) is 0.740. The molecule has 0 aliphatic carbocycles. The molecule has 3 nitrogen and oxygen atoms in total. The number of aryl methyl sites for hydroxylation is 2. The van der Waals surface area contributed by atoms with Crippen molar-refractivity contribution < 1.29 is 9.90 Å². The van der Waals surface area contributed by atoms with Crippen LogP contribution < -0.4 is 5.32 Å². The molecule has 0 saturated heterocycles. The smallest absolute Gasteiger partial charge is 0.179 e. The Morgan fingerprint density at radius 2 is 2.06 bits per heavy atom. The van der Waals surface area contributed by atoms with Crippen molar-refractivity contribution in [2.75, 3.05) is 13.2 Å². The second-order valence-corrected chi connectivity index (χ2v) is 4.06. The van der Waals surface area contributed by atoms with Crippen LogP contribution in [0.3, 0.4) is 0 Å². The molecule has 0 aliphatic heterocycles. The molecule has 0 bridgehead atoms. The third kappa shape index (κ3) is 3.15. The van der Waals surface area contributed by atoms with E-state index in [1.165, 1.54) is 5.56 Å². The lowest BCUT2D eigenvalue weighted by atomic mass is 10.0. The van der Waals surface area contributed by atoms with Gasteiger partial charge in [0.2, 0.25) is 0 Å². The van der Waals surface area contributed by atoms with Crippen LogP contribution in [0, 0.1) is 13.8 Å². The van der Waals surface area contributed by atoms with E-state index in [9.17, 15) is 4.79 Å². The Morgan fingerprint density at radius 1 is 1.38 bits per heavy atom. The van der Waals surface area contributed by atoms with E-state index in [0.717, 1.165) is 11.1 Å². The normalized spacial score (nSPS) is 12.5. The zero-order valence-corrected chi connectivity index (χ0v) is 10.1. The van der Waals surface area contributed by atoms with Gasteiger partial charge in [0.05, 0.1) is 12.6 Å². The fourth-order valence-corrected chi connectivity index (χ4v) is 1.52. The number of aliphatic hydroxyl groups is 1. The fraction of sp³-hybridized carbons (Fsp3) is 0.462. The van der Waals surface area contributed by atoms with Gasteiger partial charge in [0.1, 0.15) is 0 Å². The maximum Gasteiger partial charge on any atom is 0.179 e. The largest absolute Gasteiger partial charge is 0.395 e. The molecule has 0 fully saturated rings. The number of carbonyl (C=O) groups excluding carboxylic acids is 1. The molecule has 0 aliphatic rings.